The Morgan fingerprint density at radius 2 is 0.806 bits per heavy atom. The Morgan fingerprint density at radius 1 is 0.358 bits per heavy atom. The zero-order valence-electron chi connectivity index (χ0n) is 35.9. The Morgan fingerprint density at radius 3 is 1.43 bits per heavy atom. The molecule has 0 bridgehead atoms. The summed E-state index contributed by atoms with van der Waals surface area (Å²) in [5.74, 6) is 0. The van der Waals surface area contributed by atoms with E-state index in [1.54, 1.807) is 0 Å². The summed E-state index contributed by atoms with van der Waals surface area (Å²) in [5, 5.41) is 7.93. The summed E-state index contributed by atoms with van der Waals surface area (Å²) < 4.78 is 11.3. The van der Waals surface area contributed by atoms with Gasteiger partial charge in [-0.05, 0) is 165 Å². The lowest BCUT2D eigenvalue weighted by Gasteiger charge is -2.09. The minimum atomic E-state index is 1.02. The van der Waals surface area contributed by atoms with E-state index < -0.39 is 0 Å². The number of thiophene rings is 2. The first kappa shape index (κ1) is 42.5. The minimum Gasteiger partial charge on any atom is -0.309 e. The molecule has 0 saturated heterocycles. The van der Waals surface area contributed by atoms with Crippen LogP contribution in [0.3, 0.4) is 0 Å². The highest BCUT2D eigenvalue weighted by atomic mass is 127. The molecule has 0 unspecified atom stereocenters. The van der Waals surface area contributed by atoms with Crippen LogP contribution in [0.5, 0.6) is 0 Å². The zero-order valence-corrected chi connectivity index (χ0v) is 42.9. The largest absolute Gasteiger partial charge is 0.309 e. The number of nitrogens with zero attached hydrogens (tertiary/aromatic N) is 1. The molecule has 67 heavy (non-hydrogen) atoms. The predicted molar refractivity (Wildman–Crippen MR) is 307 cm³/mol. The Kier molecular flexibility index (Phi) is 11.4. The first-order chi connectivity index (χ1) is 32.9. The molecule has 3 heterocycles. The number of hydrogen-bond donors (Lipinski definition) is 0. The van der Waals surface area contributed by atoms with Crippen LogP contribution >= 0.6 is 77.1 Å². The molecule has 0 radical (unpaired) electrons. The Labute approximate surface area is 427 Å². The van der Waals surface area contributed by atoms with Gasteiger partial charge in [-0.15, -0.1) is 22.7 Å². The molecule has 6 heteroatoms. The van der Waals surface area contributed by atoms with E-state index in [1.807, 2.05) is 40.9 Å². The maximum absolute atomic E-state index is 3.67. The van der Waals surface area contributed by atoms with Gasteiger partial charge >= 0.3 is 0 Å². The normalized spacial score (nSPS) is 11.7. The SMILES string of the molecule is Brc1ccc2c(c1)Cc1cc(-c3ccc4sc5ccccc5c4c3)ccc1-2.Brc1ccc2c3ccc(-c4ccc5sc6ccccc6c5c4)cc3n(-c3ccccc3)c2c1.Ic1ccccc1. The molecule has 0 N–H and O–H groups in total. The highest BCUT2D eigenvalue weighted by Crippen LogP contribution is 2.43. The third-order valence-electron chi connectivity index (χ3n) is 12.7. The highest BCUT2D eigenvalue weighted by Gasteiger charge is 2.20. The molecular formula is C61H38Br2INS2. The number of para-hydroxylation sites is 1. The van der Waals surface area contributed by atoms with Gasteiger partial charge in [0.05, 0.1) is 11.0 Å². The molecule has 14 rings (SSSR count). The summed E-state index contributed by atoms with van der Waals surface area (Å²) in [5.41, 5.74) is 14.3. The molecule has 320 valence electrons. The summed E-state index contributed by atoms with van der Waals surface area (Å²) in [6.45, 7) is 0. The summed E-state index contributed by atoms with van der Waals surface area (Å²) in [4.78, 5) is 0. The average molecular weight is 1140 g/mol. The van der Waals surface area contributed by atoms with Crippen molar-refractivity contribution in [2.24, 2.45) is 0 Å². The van der Waals surface area contributed by atoms with Crippen molar-refractivity contribution in [3.63, 3.8) is 0 Å². The maximum Gasteiger partial charge on any atom is 0.0552 e. The van der Waals surface area contributed by atoms with Gasteiger partial charge in [0, 0.05) is 69.3 Å². The second-order valence-electron chi connectivity index (χ2n) is 16.8. The molecule has 0 atom stereocenters. The van der Waals surface area contributed by atoms with E-state index in [0.29, 0.717) is 0 Å². The number of fused-ring (bicyclic) bond motifs is 12. The topological polar surface area (TPSA) is 4.93 Å². The summed E-state index contributed by atoms with van der Waals surface area (Å²) in [7, 11) is 0. The standard InChI is InChI=1S/C30H18BrNS.C25H15BrS.C6H5I/c31-21-12-14-24-23-13-10-20(17-27(23)32(28(24)18-21)22-6-2-1-3-7-22)19-11-15-30-26(16-19)25-8-4-5-9-29(25)33-30;26-19-7-9-21-18(13-19)12-17-11-15(5-8-20(17)21)16-6-10-25-23(14-16)22-3-1-2-4-24(22)27-25;7-6-4-2-1-3-5-6/h1-18H;1-11,13-14H,12H2;1-5H. The summed E-state index contributed by atoms with van der Waals surface area (Å²) in [6.07, 6.45) is 1.02. The third kappa shape index (κ3) is 8.13. The van der Waals surface area contributed by atoms with Crippen LogP contribution in [0.2, 0.25) is 0 Å². The lowest BCUT2D eigenvalue weighted by Crippen LogP contribution is -1.93. The average Bonchev–Trinajstić information content (AvgIpc) is 4.12. The van der Waals surface area contributed by atoms with Gasteiger partial charge in [0.1, 0.15) is 0 Å². The molecule has 0 saturated carbocycles. The van der Waals surface area contributed by atoms with Crippen LogP contribution in [0.25, 0.3) is 101 Å². The first-order valence-electron chi connectivity index (χ1n) is 22.2. The smallest absolute Gasteiger partial charge is 0.0552 e. The number of aromatic nitrogens is 1. The summed E-state index contributed by atoms with van der Waals surface area (Å²) >= 11 is 13.3. The fraction of sp³-hybridized carbons (Fsp3) is 0.0164. The van der Waals surface area contributed by atoms with Crippen LogP contribution in [0.15, 0.2) is 227 Å². The van der Waals surface area contributed by atoms with E-state index in [9.17, 15) is 0 Å². The van der Waals surface area contributed by atoms with E-state index >= 15 is 0 Å². The van der Waals surface area contributed by atoms with Gasteiger partial charge in [0.15, 0.2) is 0 Å². The number of halogens is 3. The molecule has 1 aliphatic carbocycles. The molecule has 1 nitrogen and oxygen atoms in total. The molecule has 3 aromatic heterocycles. The maximum atomic E-state index is 3.67. The van der Waals surface area contributed by atoms with Crippen LogP contribution in [-0.2, 0) is 6.42 Å². The van der Waals surface area contributed by atoms with Crippen LogP contribution < -0.4 is 0 Å². The summed E-state index contributed by atoms with van der Waals surface area (Å²) in [6, 6.07) is 79.0. The van der Waals surface area contributed by atoms with Gasteiger partial charge in [-0.2, -0.15) is 0 Å². The second kappa shape index (κ2) is 18.0. The highest BCUT2D eigenvalue weighted by molar-refractivity contribution is 14.1. The minimum absolute atomic E-state index is 1.02. The van der Waals surface area contributed by atoms with E-state index in [2.05, 4.69) is 259 Å². The van der Waals surface area contributed by atoms with Crippen molar-refractivity contribution >= 4 is 139 Å². The van der Waals surface area contributed by atoms with E-state index in [0.717, 1.165) is 15.4 Å². The molecule has 0 fully saturated rings. The van der Waals surface area contributed by atoms with Crippen molar-refractivity contribution in [1.82, 2.24) is 4.57 Å². The number of rotatable bonds is 3. The van der Waals surface area contributed by atoms with Gasteiger partial charge in [-0.1, -0.05) is 159 Å². The van der Waals surface area contributed by atoms with Crippen molar-refractivity contribution in [1.29, 1.82) is 0 Å². The number of hydrogen-bond acceptors (Lipinski definition) is 2. The lowest BCUT2D eigenvalue weighted by atomic mass is 9.98. The van der Waals surface area contributed by atoms with E-state index in [4.69, 9.17) is 0 Å². The molecular weight excluding hydrogens is 1100 g/mol. The van der Waals surface area contributed by atoms with Gasteiger partial charge in [0.25, 0.3) is 0 Å². The van der Waals surface area contributed by atoms with Gasteiger partial charge < -0.3 is 4.57 Å². The van der Waals surface area contributed by atoms with Crippen LogP contribution in [0.4, 0.5) is 0 Å². The van der Waals surface area contributed by atoms with Gasteiger partial charge in [-0.3, -0.25) is 0 Å². The van der Waals surface area contributed by atoms with Crippen molar-refractivity contribution in [2.75, 3.05) is 0 Å². The molecule has 0 spiro atoms. The molecule has 0 amide bonds. The van der Waals surface area contributed by atoms with E-state index in [-0.39, 0.29) is 0 Å². The monoisotopic (exact) mass is 1130 g/mol. The lowest BCUT2D eigenvalue weighted by molar-refractivity contribution is 1.18. The molecule has 0 aliphatic heterocycles. The zero-order chi connectivity index (χ0) is 45.0. The van der Waals surface area contributed by atoms with Crippen molar-refractivity contribution in [3.05, 3.63) is 242 Å². The Bertz CT molecular complexity index is 4000. The van der Waals surface area contributed by atoms with E-state index in [1.165, 1.54) is 116 Å². The fourth-order valence-electron chi connectivity index (χ4n) is 9.61. The van der Waals surface area contributed by atoms with Gasteiger partial charge in [-0.25, -0.2) is 0 Å². The Balaban J connectivity index is 0.000000124. The number of benzene rings is 10. The van der Waals surface area contributed by atoms with Gasteiger partial charge in [0.2, 0.25) is 0 Å². The first-order valence-corrected chi connectivity index (χ1v) is 26.5. The van der Waals surface area contributed by atoms with Crippen LogP contribution in [-0.4, -0.2) is 4.57 Å². The Hall–Kier alpha value is -5.87. The van der Waals surface area contributed by atoms with Crippen LogP contribution in [0, 0.1) is 3.57 Å². The quantitative estimate of drug-likeness (QED) is 0.155. The molecule has 13 aromatic rings. The fourth-order valence-corrected chi connectivity index (χ4v) is 13.0. The molecule has 10 aromatic carbocycles. The van der Waals surface area contributed by atoms with Crippen molar-refractivity contribution in [3.8, 4) is 39.1 Å². The molecule has 1 aliphatic rings. The second-order valence-corrected chi connectivity index (χ2v) is 22.1. The predicted octanol–water partition coefficient (Wildman–Crippen LogP) is 19.9. The van der Waals surface area contributed by atoms with Crippen molar-refractivity contribution < 1.29 is 0 Å². The third-order valence-corrected chi connectivity index (χ3v) is 16.7. The van der Waals surface area contributed by atoms with Crippen molar-refractivity contribution in [2.45, 2.75) is 6.42 Å². The van der Waals surface area contributed by atoms with Crippen LogP contribution in [0.1, 0.15) is 11.1 Å².